The molecule has 0 atom stereocenters. The summed E-state index contributed by atoms with van der Waals surface area (Å²) >= 11 is 1.76. The number of aromatic nitrogens is 1. The lowest BCUT2D eigenvalue weighted by Crippen LogP contribution is -2.01. The molecule has 1 N–H and O–H groups in total. The fourth-order valence-electron chi connectivity index (χ4n) is 1.66. The van der Waals surface area contributed by atoms with Gasteiger partial charge in [-0.1, -0.05) is 17.4 Å². The molecule has 0 saturated heterocycles. The average molecular weight is 218 g/mol. The number of nitrogens with one attached hydrogen (secondary N) is 1. The molecule has 0 bridgehead atoms. The van der Waals surface area contributed by atoms with Crippen LogP contribution in [0.5, 0.6) is 0 Å². The number of fused-ring (bicyclic) bond motifs is 1. The summed E-state index contributed by atoms with van der Waals surface area (Å²) in [6.07, 6.45) is 2.77. The minimum atomic E-state index is 0.902. The number of thiazole rings is 1. The van der Waals surface area contributed by atoms with Crippen molar-refractivity contribution in [3.63, 3.8) is 0 Å². The third-order valence-electron chi connectivity index (χ3n) is 2.78. The monoisotopic (exact) mass is 218 g/mol. The fourth-order valence-corrected chi connectivity index (χ4v) is 2.63. The maximum absolute atomic E-state index is 4.56. The zero-order valence-electron chi connectivity index (χ0n) is 8.79. The first kappa shape index (κ1) is 9.16. The van der Waals surface area contributed by atoms with Gasteiger partial charge in [-0.3, -0.25) is 0 Å². The second-order valence-corrected chi connectivity index (χ2v) is 5.35. The molecule has 1 aromatic heterocycles. The molecule has 1 fully saturated rings. The van der Waals surface area contributed by atoms with Gasteiger partial charge in [0, 0.05) is 6.54 Å². The van der Waals surface area contributed by atoms with Gasteiger partial charge in [0.1, 0.15) is 0 Å². The zero-order valence-corrected chi connectivity index (χ0v) is 9.60. The van der Waals surface area contributed by atoms with Crippen molar-refractivity contribution in [2.45, 2.75) is 19.8 Å². The van der Waals surface area contributed by atoms with Crippen LogP contribution in [0.1, 0.15) is 18.4 Å². The highest BCUT2D eigenvalue weighted by Gasteiger charge is 2.21. The number of benzene rings is 1. The molecular formula is C12H14N2S. The van der Waals surface area contributed by atoms with Crippen molar-refractivity contribution < 1.29 is 0 Å². The molecule has 0 unspecified atom stereocenters. The second kappa shape index (κ2) is 3.49. The number of nitrogens with zero attached hydrogens (tertiary/aromatic N) is 1. The van der Waals surface area contributed by atoms with E-state index in [2.05, 4.69) is 35.4 Å². The summed E-state index contributed by atoms with van der Waals surface area (Å²) in [5.41, 5.74) is 2.42. The van der Waals surface area contributed by atoms with Crippen LogP contribution in [0.2, 0.25) is 0 Å². The molecule has 0 amide bonds. The second-order valence-electron chi connectivity index (χ2n) is 4.31. The van der Waals surface area contributed by atoms with Gasteiger partial charge >= 0.3 is 0 Å². The first-order valence-electron chi connectivity index (χ1n) is 5.42. The normalized spacial score (nSPS) is 15.8. The summed E-state index contributed by atoms with van der Waals surface area (Å²) in [5, 5.41) is 4.49. The van der Waals surface area contributed by atoms with Crippen LogP contribution < -0.4 is 5.32 Å². The third kappa shape index (κ3) is 1.97. The highest BCUT2D eigenvalue weighted by Crippen LogP contribution is 2.31. The van der Waals surface area contributed by atoms with Crippen LogP contribution in [0.15, 0.2) is 18.2 Å². The molecule has 0 spiro atoms. The van der Waals surface area contributed by atoms with Gasteiger partial charge in [0.25, 0.3) is 0 Å². The summed E-state index contributed by atoms with van der Waals surface area (Å²) in [6, 6.07) is 6.42. The van der Waals surface area contributed by atoms with E-state index in [1.54, 1.807) is 11.3 Å². The summed E-state index contributed by atoms with van der Waals surface area (Å²) in [4.78, 5) is 4.56. The van der Waals surface area contributed by atoms with Gasteiger partial charge in [0.2, 0.25) is 0 Å². The van der Waals surface area contributed by atoms with E-state index in [1.165, 1.54) is 23.1 Å². The van der Waals surface area contributed by atoms with E-state index >= 15 is 0 Å². The van der Waals surface area contributed by atoms with Crippen molar-refractivity contribution in [3.8, 4) is 0 Å². The molecule has 2 nitrogen and oxygen atoms in total. The van der Waals surface area contributed by atoms with Crippen molar-refractivity contribution in [1.29, 1.82) is 0 Å². The molecule has 1 aliphatic carbocycles. The molecule has 0 aliphatic heterocycles. The highest BCUT2D eigenvalue weighted by molar-refractivity contribution is 7.22. The Hall–Kier alpha value is -1.09. The van der Waals surface area contributed by atoms with Gasteiger partial charge in [-0.25, -0.2) is 4.98 Å². The van der Waals surface area contributed by atoms with Gasteiger partial charge in [0.15, 0.2) is 5.13 Å². The zero-order chi connectivity index (χ0) is 10.3. The predicted molar refractivity (Wildman–Crippen MR) is 65.6 cm³/mol. The van der Waals surface area contributed by atoms with Gasteiger partial charge in [-0.05, 0) is 43.4 Å². The Morgan fingerprint density at radius 3 is 3.13 bits per heavy atom. The van der Waals surface area contributed by atoms with Crippen LogP contribution in [0.3, 0.4) is 0 Å². The Balaban J connectivity index is 1.84. The van der Waals surface area contributed by atoms with Gasteiger partial charge in [0.05, 0.1) is 10.2 Å². The Morgan fingerprint density at radius 1 is 1.47 bits per heavy atom. The average Bonchev–Trinajstić information content (AvgIpc) is 2.95. The number of rotatable bonds is 3. The molecule has 15 heavy (non-hydrogen) atoms. The van der Waals surface area contributed by atoms with Crippen LogP contribution >= 0.6 is 11.3 Å². The van der Waals surface area contributed by atoms with Crippen molar-refractivity contribution in [2.75, 3.05) is 11.9 Å². The Bertz CT molecular complexity index is 485. The smallest absolute Gasteiger partial charge is 0.183 e. The maximum atomic E-state index is 4.56. The van der Waals surface area contributed by atoms with E-state index in [9.17, 15) is 0 Å². The predicted octanol–water partition coefficient (Wildman–Crippen LogP) is 3.43. The molecular weight excluding hydrogens is 204 g/mol. The third-order valence-corrected chi connectivity index (χ3v) is 3.76. The lowest BCUT2D eigenvalue weighted by atomic mass is 10.2. The number of anilines is 1. The molecule has 1 saturated carbocycles. The Morgan fingerprint density at radius 2 is 2.33 bits per heavy atom. The topological polar surface area (TPSA) is 24.9 Å². The minimum Gasteiger partial charge on any atom is -0.361 e. The van der Waals surface area contributed by atoms with Crippen molar-refractivity contribution >= 4 is 26.7 Å². The lowest BCUT2D eigenvalue weighted by Gasteiger charge is -1.97. The molecule has 1 heterocycles. The van der Waals surface area contributed by atoms with E-state index in [4.69, 9.17) is 0 Å². The molecule has 0 radical (unpaired) electrons. The van der Waals surface area contributed by atoms with Crippen molar-refractivity contribution in [2.24, 2.45) is 5.92 Å². The van der Waals surface area contributed by atoms with E-state index in [1.807, 2.05) is 0 Å². The largest absolute Gasteiger partial charge is 0.361 e. The minimum absolute atomic E-state index is 0.902. The molecule has 78 valence electrons. The number of aryl methyl sites for hydroxylation is 1. The SMILES string of the molecule is Cc1ccc2nc(NCC3CC3)sc2c1. The summed E-state index contributed by atoms with van der Waals surface area (Å²) in [5.74, 6) is 0.902. The Labute approximate surface area is 93.3 Å². The molecule has 1 aliphatic rings. The van der Waals surface area contributed by atoms with Crippen molar-refractivity contribution in [3.05, 3.63) is 23.8 Å². The number of hydrogen-bond acceptors (Lipinski definition) is 3. The van der Waals surface area contributed by atoms with Gasteiger partial charge < -0.3 is 5.32 Å². The van der Waals surface area contributed by atoms with Crippen LogP contribution in [-0.4, -0.2) is 11.5 Å². The maximum Gasteiger partial charge on any atom is 0.183 e. The molecule has 1 aromatic carbocycles. The highest BCUT2D eigenvalue weighted by atomic mass is 32.1. The van der Waals surface area contributed by atoms with E-state index in [0.29, 0.717) is 0 Å². The number of hydrogen-bond donors (Lipinski definition) is 1. The van der Waals surface area contributed by atoms with E-state index in [-0.39, 0.29) is 0 Å². The first-order chi connectivity index (χ1) is 7.31. The lowest BCUT2D eigenvalue weighted by molar-refractivity contribution is 0.888. The summed E-state index contributed by atoms with van der Waals surface area (Å²) < 4.78 is 1.29. The van der Waals surface area contributed by atoms with E-state index in [0.717, 1.165) is 23.1 Å². The van der Waals surface area contributed by atoms with Crippen LogP contribution in [0.25, 0.3) is 10.2 Å². The fraction of sp³-hybridized carbons (Fsp3) is 0.417. The standard InChI is InChI=1S/C12H14N2S/c1-8-2-5-10-11(6-8)15-12(14-10)13-7-9-3-4-9/h2,5-6,9H,3-4,7H2,1H3,(H,13,14). The molecule has 2 aromatic rings. The van der Waals surface area contributed by atoms with E-state index < -0.39 is 0 Å². The summed E-state index contributed by atoms with van der Waals surface area (Å²) in [6.45, 7) is 3.22. The Kier molecular flexibility index (Phi) is 2.13. The molecule has 3 heteroatoms. The molecule has 3 rings (SSSR count). The van der Waals surface area contributed by atoms with Gasteiger partial charge in [-0.2, -0.15) is 0 Å². The van der Waals surface area contributed by atoms with Crippen LogP contribution in [0.4, 0.5) is 5.13 Å². The van der Waals surface area contributed by atoms with Crippen LogP contribution in [0, 0.1) is 12.8 Å². The van der Waals surface area contributed by atoms with Crippen LogP contribution in [-0.2, 0) is 0 Å². The van der Waals surface area contributed by atoms with Crippen molar-refractivity contribution in [1.82, 2.24) is 4.98 Å². The summed E-state index contributed by atoms with van der Waals surface area (Å²) in [7, 11) is 0. The first-order valence-corrected chi connectivity index (χ1v) is 6.24. The van der Waals surface area contributed by atoms with Gasteiger partial charge in [-0.15, -0.1) is 0 Å². The quantitative estimate of drug-likeness (QED) is 0.853.